The van der Waals surface area contributed by atoms with Gasteiger partial charge in [0.1, 0.15) is 0 Å². The van der Waals surface area contributed by atoms with Gasteiger partial charge < -0.3 is 19.9 Å². The van der Waals surface area contributed by atoms with E-state index < -0.39 is 24.3 Å². The lowest BCUT2D eigenvalue weighted by atomic mass is 9.94. The Kier molecular flexibility index (Phi) is 8.46. The van der Waals surface area contributed by atoms with Gasteiger partial charge in [0.15, 0.2) is 0 Å². The molecule has 0 saturated heterocycles. The van der Waals surface area contributed by atoms with E-state index in [2.05, 4.69) is 5.32 Å². The molecule has 1 amide bonds. The van der Waals surface area contributed by atoms with Gasteiger partial charge in [-0.3, -0.25) is 4.79 Å². The number of esters is 1. The number of hydrogen-bond acceptors (Lipinski definition) is 5. The number of benzene rings is 1. The highest BCUT2D eigenvalue weighted by Gasteiger charge is 2.19. The summed E-state index contributed by atoms with van der Waals surface area (Å²) in [6, 6.07) is 8.36. The maximum atomic E-state index is 11.8. The first kappa shape index (κ1) is 20.5. The van der Waals surface area contributed by atoms with E-state index in [0.29, 0.717) is 17.9 Å². The first-order valence-electron chi connectivity index (χ1n) is 8.20. The third-order valence-corrected chi connectivity index (χ3v) is 3.36. The molecule has 0 aliphatic rings. The zero-order chi connectivity index (χ0) is 18.8. The molecule has 0 fully saturated rings. The Labute approximate surface area is 147 Å². The van der Waals surface area contributed by atoms with Crippen LogP contribution in [0.5, 0.6) is 0 Å². The van der Waals surface area contributed by atoms with Gasteiger partial charge in [0.05, 0.1) is 5.56 Å². The van der Waals surface area contributed by atoms with Crippen molar-refractivity contribution in [3.63, 3.8) is 0 Å². The lowest BCUT2D eigenvalue weighted by molar-refractivity contribution is -0.138. The van der Waals surface area contributed by atoms with Gasteiger partial charge in [-0.2, -0.15) is 0 Å². The molecule has 2 atom stereocenters. The molecule has 1 aromatic carbocycles. The number of carboxylic acids is 1. The second kappa shape index (κ2) is 10.3. The molecule has 0 bridgehead atoms. The molecule has 7 heteroatoms. The molecule has 0 saturated carbocycles. The fourth-order valence-corrected chi connectivity index (χ4v) is 2.39. The van der Waals surface area contributed by atoms with Crippen molar-refractivity contribution in [2.75, 3.05) is 6.54 Å². The summed E-state index contributed by atoms with van der Waals surface area (Å²) >= 11 is 0. The van der Waals surface area contributed by atoms with E-state index in [1.807, 2.05) is 13.8 Å². The van der Waals surface area contributed by atoms with Crippen LogP contribution in [-0.2, 0) is 14.3 Å². The van der Waals surface area contributed by atoms with Crippen LogP contribution in [0.1, 0.15) is 44.0 Å². The number of rotatable bonds is 9. The number of nitrogens with one attached hydrogen (secondary N) is 1. The summed E-state index contributed by atoms with van der Waals surface area (Å²) in [6.07, 6.45) is -1.18. The van der Waals surface area contributed by atoms with Crippen LogP contribution in [0.25, 0.3) is 0 Å². The average Bonchev–Trinajstić information content (AvgIpc) is 2.52. The predicted molar refractivity (Wildman–Crippen MR) is 91.0 cm³/mol. The van der Waals surface area contributed by atoms with Gasteiger partial charge in [-0.15, -0.1) is 0 Å². The standard InChI is InChI=1S/C18H25NO6/c1-12(2)9-14(10-16(20)21)11-19-18(23)25-13(3)24-17(22)15-7-5-4-6-8-15/h4-8,12-14H,9-11H2,1-3H3,(H,19,23)(H,20,21)/t13-,14-/m0/s1. The Balaban J connectivity index is 2.41. The average molecular weight is 351 g/mol. The van der Waals surface area contributed by atoms with Crippen molar-refractivity contribution in [2.24, 2.45) is 11.8 Å². The van der Waals surface area contributed by atoms with Crippen molar-refractivity contribution in [3.05, 3.63) is 35.9 Å². The highest BCUT2D eigenvalue weighted by molar-refractivity contribution is 5.89. The maximum Gasteiger partial charge on any atom is 0.410 e. The SMILES string of the molecule is CC(C)C[C@H](CNC(=O)O[C@@H](C)OC(=O)c1ccccc1)CC(=O)O. The Morgan fingerprint density at radius 2 is 1.72 bits per heavy atom. The van der Waals surface area contributed by atoms with Crippen molar-refractivity contribution in [2.45, 2.75) is 39.9 Å². The molecular weight excluding hydrogens is 326 g/mol. The molecule has 0 spiro atoms. The number of carboxylic acid groups (broad SMARTS) is 1. The smallest absolute Gasteiger partial charge is 0.410 e. The van der Waals surface area contributed by atoms with Crippen LogP contribution >= 0.6 is 0 Å². The summed E-state index contributed by atoms with van der Waals surface area (Å²) in [5.74, 6) is -1.38. The van der Waals surface area contributed by atoms with E-state index in [0.717, 1.165) is 0 Å². The van der Waals surface area contributed by atoms with E-state index in [1.54, 1.807) is 30.3 Å². The number of aliphatic carboxylic acids is 1. The zero-order valence-electron chi connectivity index (χ0n) is 14.7. The lowest BCUT2D eigenvalue weighted by Gasteiger charge is -2.19. The Morgan fingerprint density at radius 1 is 1.08 bits per heavy atom. The van der Waals surface area contributed by atoms with Crippen LogP contribution in [0, 0.1) is 11.8 Å². The van der Waals surface area contributed by atoms with Crippen LogP contribution in [0.15, 0.2) is 30.3 Å². The second-order valence-corrected chi connectivity index (χ2v) is 6.22. The molecule has 0 aliphatic carbocycles. The summed E-state index contributed by atoms with van der Waals surface area (Å²) in [6.45, 7) is 5.59. The van der Waals surface area contributed by atoms with Gasteiger partial charge in [0.25, 0.3) is 0 Å². The quantitative estimate of drug-likeness (QED) is 0.524. The van der Waals surface area contributed by atoms with E-state index in [-0.39, 0.29) is 18.9 Å². The van der Waals surface area contributed by atoms with Crippen LogP contribution < -0.4 is 5.32 Å². The number of alkyl carbamates (subject to hydrolysis) is 1. The number of ether oxygens (including phenoxy) is 2. The summed E-state index contributed by atoms with van der Waals surface area (Å²) in [4.78, 5) is 34.5. The first-order valence-corrected chi connectivity index (χ1v) is 8.20. The van der Waals surface area contributed by atoms with Crippen LogP contribution in [0.2, 0.25) is 0 Å². The number of amides is 1. The summed E-state index contributed by atoms with van der Waals surface area (Å²) in [5, 5.41) is 11.4. The molecule has 0 aliphatic heterocycles. The third-order valence-electron chi connectivity index (χ3n) is 3.36. The summed E-state index contributed by atoms with van der Waals surface area (Å²) in [7, 11) is 0. The first-order chi connectivity index (χ1) is 11.8. The molecule has 0 radical (unpaired) electrons. The molecule has 1 rings (SSSR count). The Bertz CT molecular complexity index is 572. The minimum atomic E-state index is -1.06. The fraction of sp³-hybridized carbons (Fsp3) is 0.500. The summed E-state index contributed by atoms with van der Waals surface area (Å²) < 4.78 is 9.99. The highest BCUT2D eigenvalue weighted by atomic mass is 16.7. The van der Waals surface area contributed by atoms with Gasteiger partial charge >= 0.3 is 18.0 Å². The van der Waals surface area contributed by atoms with E-state index >= 15 is 0 Å². The van der Waals surface area contributed by atoms with Gasteiger partial charge in [0.2, 0.25) is 6.29 Å². The minimum Gasteiger partial charge on any atom is -0.481 e. The molecule has 1 aromatic rings. The van der Waals surface area contributed by atoms with Crippen LogP contribution in [0.4, 0.5) is 4.79 Å². The zero-order valence-corrected chi connectivity index (χ0v) is 14.7. The maximum absolute atomic E-state index is 11.8. The Hall–Kier alpha value is -2.57. The molecule has 2 N–H and O–H groups in total. The minimum absolute atomic E-state index is 0.0307. The fourth-order valence-electron chi connectivity index (χ4n) is 2.39. The van der Waals surface area contributed by atoms with Gasteiger partial charge in [-0.05, 0) is 30.4 Å². The normalized spacial score (nSPS) is 13.0. The molecule has 7 nitrogen and oxygen atoms in total. The van der Waals surface area contributed by atoms with Crippen molar-refractivity contribution < 1.29 is 29.0 Å². The van der Waals surface area contributed by atoms with E-state index in [4.69, 9.17) is 14.6 Å². The number of hydrogen-bond donors (Lipinski definition) is 2. The molecule has 138 valence electrons. The molecule has 0 unspecified atom stereocenters. The third kappa shape index (κ3) is 8.74. The van der Waals surface area contributed by atoms with Crippen LogP contribution in [0.3, 0.4) is 0 Å². The Morgan fingerprint density at radius 3 is 2.28 bits per heavy atom. The number of carbonyl (C=O) groups is 3. The van der Waals surface area contributed by atoms with Crippen molar-refractivity contribution >= 4 is 18.0 Å². The topological polar surface area (TPSA) is 102 Å². The van der Waals surface area contributed by atoms with Crippen molar-refractivity contribution in [1.82, 2.24) is 5.32 Å². The lowest BCUT2D eigenvalue weighted by Crippen LogP contribution is -2.34. The molecular formula is C18H25NO6. The monoisotopic (exact) mass is 351 g/mol. The van der Waals surface area contributed by atoms with Gasteiger partial charge in [-0.1, -0.05) is 32.0 Å². The molecule has 0 aromatic heterocycles. The van der Waals surface area contributed by atoms with Crippen LogP contribution in [-0.4, -0.2) is 36.0 Å². The van der Waals surface area contributed by atoms with E-state index in [1.165, 1.54) is 6.92 Å². The van der Waals surface area contributed by atoms with Gasteiger partial charge in [0, 0.05) is 19.9 Å². The van der Waals surface area contributed by atoms with Crippen molar-refractivity contribution in [1.29, 1.82) is 0 Å². The van der Waals surface area contributed by atoms with Crippen molar-refractivity contribution in [3.8, 4) is 0 Å². The van der Waals surface area contributed by atoms with Gasteiger partial charge in [-0.25, -0.2) is 9.59 Å². The predicted octanol–water partition coefficient (Wildman–Crippen LogP) is 3.05. The number of carbonyl (C=O) groups excluding carboxylic acids is 2. The summed E-state index contributed by atoms with van der Waals surface area (Å²) in [5.41, 5.74) is 0.358. The molecule has 25 heavy (non-hydrogen) atoms. The van der Waals surface area contributed by atoms with E-state index in [9.17, 15) is 14.4 Å². The largest absolute Gasteiger partial charge is 0.481 e. The highest BCUT2D eigenvalue weighted by Crippen LogP contribution is 2.15. The molecule has 0 heterocycles. The second-order valence-electron chi connectivity index (χ2n) is 6.22.